The van der Waals surface area contributed by atoms with Crippen LogP contribution in [-0.4, -0.2) is 103 Å². The first-order chi connectivity index (χ1) is 13.8. The molecular formula is C19H25N5O5. The Morgan fingerprint density at radius 1 is 1.24 bits per heavy atom. The second kappa shape index (κ2) is 7.18. The Morgan fingerprint density at radius 2 is 1.97 bits per heavy atom. The van der Waals surface area contributed by atoms with Crippen LogP contribution in [0.25, 0.3) is 0 Å². The SMILES string of the molecule is CN(C)C[C@]12CN(C(=O)CN3C(=O)CNC3=O)C[C@H]1CN(C(=O)c1ccoc1)C2. The summed E-state index contributed by atoms with van der Waals surface area (Å²) in [6, 6.07) is 1.13. The van der Waals surface area contributed by atoms with Crippen LogP contribution in [0.4, 0.5) is 4.79 Å². The molecule has 3 aliphatic rings. The van der Waals surface area contributed by atoms with E-state index in [0.717, 1.165) is 11.4 Å². The highest BCUT2D eigenvalue weighted by Crippen LogP contribution is 2.43. The zero-order valence-corrected chi connectivity index (χ0v) is 16.6. The van der Waals surface area contributed by atoms with E-state index in [0.29, 0.717) is 31.7 Å². The fraction of sp³-hybridized carbons (Fsp3) is 0.579. The van der Waals surface area contributed by atoms with Crippen molar-refractivity contribution in [3.63, 3.8) is 0 Å². The van der Waals surface area contributed by atoms with Crippen LogP contribution in [0.5, 0.6) is 0 Å². The molecule has 1 aromatic rings. The van der Waals surface area contributed by atoms with Gasteiger partial charge in [0, 0.05) is 44.1 Å². The Labute approximate surface area is 168 Å². The molecular weight excluding hydrogens is 378 g/mol. The van der Waals surface area contributed by atoms with Crippen LogP contribution in [0.3, 0.4) is 0 Å². The van der Waals surface area contributed by atoms with Gasteiger partial charge in [0.25, 0.3) is 11.8 Å². The van der Waals surface area contributed by atoms with Crippen molar-refractivity contribution in [2.24, 2.45) is 11.3 Å². The third kappa shape index (κ3) is 3.48. The molecule has 0 bridgehead atoms. The molecule has 3 aliphatic heterocycles. The molecule has 156 valence electrons. The van der Waals surface area contributed by atoms with Gasteiger partial charge in [0.1, 0.15) is 12.8 Å². The molecule has 1 aromatic heterocycles. The van der Waals surface area contributed by atoms with Crippen LogP contribution >= 0.6 is 0 Å². The number of nitrogens with one attached hydrogen (secondary N) is 1. The molecule has 4 heterocycles. The zero-order valence-electron chi connectivity index (χ0n) is 16.6. The molecule has 10 nitrogen and oxygen atoms in total. The largest absolute Gasteiger partial charge is 0.472 e. The van der Waals surface area contributed by atoms with Gasteiger partial charge in [-0.3, -0.25) is 19.3 Å². The first-order valence-corrected chi connectivity index (χ1v) is 9.61. The van der Waals surface area contributed by atoms with E-state index < -0.39 is 6.03 Å². The summed E-state index contributed by atoms with van der Waals surface area (Å²) in [4.78, 5) is 55.7. The minimum absolute atomic E-state index is 0.0651. The molecule has 10 heteroatoms. The third-order valence-electron chi connectivity index (χ3n) is 6.03. The van der Waals surface area contributed by atoms with Crippen molar-refractivity contribution in [3.05, 3.63) is 24.2 Å². The molecule has 0 radical (unpaired) electrons. The molecule has 0 spiro atoms. The molecule has 0 aliphatic carbocycles. The Balaban J connectivity index is 1.47. The summed E-state index contributed by atoms with van der Waals surface area (Å²) in [6.45, 7) is 2.54. The summed E-state index contributed by atoms with van der Waals surface area (Å²) >= 11 is 0. The monoisotopic (exact) mass is 403 g/mol. The number of hydrogen-bond acceptors (Lipinski definition) is 6. The highest BCUT2D eigenvalue weighted by atomic mass is 16.3. The minimum atomic E-state index is -0.525. The number of urea groups is 1. The van der Waals surface area contributed by atoms with E-state index in [1.54, 1.807) is 11.0 Å². The number of fused-ring (bicyclic) bond motifs is 1. The van der Waals surface area contributed by atoms with Crippen molar-refractivity contribution in [2.75, 3.05) is 59.9 Å². The van der Waals surface area contributed by atoms with Gasteiger partial charge in [-0.05, 0) is 20.2 Å². The Morgan fingerprint density at radius 3 is 2.59 bits per heavy atom. The first kappa shape index (κ1) is 19.4. The van der Waals surface area contributed by atoms with Gasteiger partial charge in [0.05, 0.1) is 18.4 Å². The second-order valence-electron chi connectivity index (χ2n) is 8.41. The zero-order chi connectivity index (χ0) is 20.8. The van der Waals surface area contributed by atoms with Crippen molar-refractivity contribution in [3.8, 4) is 0 Å². The topological polar surface area (TPSA) is 106 Å². The summed E-state index contributed by atoms with van der Waals surface area (Å²) in [5, 5.41) is 2.43. The summed E-state index contributed by atoms with van der Waals surface area (Å²) in [7, 11) is 3.95. The van der Waals surface area contributed by atoms with Crippen LogP contribution in [0.2, 0.25) is 0 Å². The van der Waals surface area contributed by atoms with Crippen LogP contribution in [0, 0.1) is 11.3 Å². The van der Waals surface area contributed by atoms with Gasteiger partial charge in [0.2, 0.25) is 5.91 Å². The smallest absolute Gasteiger partial charge is 0.325 e. The molecule has 1 N–H and O–H groups in total. The van der Waals surface area contributed by atoms with Gasteiger partial charge in [-0.15, -0.1) is 0 Å². The van der Waals surface area contributed by atoms with Gasteiger partial charge >= 0.3 is 6.03 Å². The number of rotatable bonds is 5. The van der Waals surface area contributed by atoms with Gasteiger partial charge in [-0.2, -0.15) is 0 Å². The molecule has 4 rings (SSSR count). The van der Waals surface area contributed by atoms with Gasteiger partial charge < -0.3 is 24.4 Å². The van der Waals surface area contributed by atoms with E-state index in [1.165, 1.54) is 12.5 Å². The van der Waals surface area contributed by atoms with Crippen LogP contribution in [0.1, 0.15) is 10.4 Å². The predicted octanol–water partition coefficient (Wildman–Crippen LogP) is -0.706. The molecule has 0 saturated carbocycles. The molecule has 0 unspecified atom stereocenters. The van der Waals surface area contributed by atoms with Crippen LogP contribution in [0.15, 0.2) is 23.0 Å². The first-order valence-electron chi connectivity index (χ1n) is 9.61. The number of hydrogen-bond donors (Lipinski definition) is 1. The van der Waals surface area contributed by atoms with Gasteiger partial charge in [-0.1, -0.05) is 0 Å². The molecule has 29 heavy (non-hydrogen) atoms. The summed E-state index contributed by atoms with van der Waals surface area (Å²) < 4.78 is 5.03. The number of imide groups is 1. The van der Waals surface area contributed by atoms with Crippen molar-refractivity contribution in [1.82, 2.24) is 24.9 Å². The van der Waals surface area contributed by atoms with Crippen molar-refractivity contribution in [1.29, 1.82) is 0 Å². The average Bonchev–Trinajstić information content (AvgIpc) is 3.41. The number of nitrogens with zero attached hydrogens (tertiary/aromatic N) is 4. The Bertz CT molecular complexity index is 822. The fourth-order valence-electron chi connectivity index (χ4n) is 4.80. The van der Waals surface area contributed by atoms with Crippen LogP contribution in [-0.2, 0) is 9.59 Å². The molecule has 0 aromatic carbocycles. The van der Waals surface area contributed by atoms with Gasteiger partial charge in [0.15, 0.2) is 0 Å². The highest BCUT2D eigenvalue weighted by Gasteiger charge is 2.54. The van der Waals surface area contributed by atoms with E-state index in [1.807, 2.05) is 19.0 Å². The predicted molar refractivity (Wildman–Crippen MR) is 101 cm³/mol. The van der Waals surface area contributed by atoms with E-state index in [4.69, 9.17) is 4.42 Å². The number of likely N-dealkylation sites (tertiary alicyclic amines) is 2. The number of furan rings is 1. The lowest BCUT2D eigenvalue weighted by Crippen LogP contribution is -2.46. The standard InChI is InChI=1S/C19H25N5O5/c1-21(2)10-19-11-22(16(26)8-24-15(25)5-20-18(24)28)6-14(19)7-23(12-19)17(27)13-3-4-29-9-13/h3-4,9,14H,5-8,10-12H2,1-2H3,(H,20,28)/t14-,19+/m0/s1. The molecule has 2 atom stereocenters. The minimum Gasteiger partial charge on any atom is -0.472 e. The maximum atomic E-state index is 12.8. The average molecular weight is 403 g/mol. The Hall–Kier alpha value is -2.88. The lowest BCUT2D eigenvalue weighted by Gasteiger charge is -2.32. The number of carbonyl (C=O) groups is 4. The fourth-order valence-corrected chi connectivity index (χ4v) is 4.80. The Kier molecular flexibility index (Phi) is 4.81. The van der Waals surface area contributed by atoms with Crippen molar-refractivity contribution in [2.45, 2.75) is 0 Å². The van der Waals surface area contributed by atoms with Crippen molar-refractivity contribution >= 4 is 23.8 Å². The summed E-state index contributed by atoms with van der Waals surface area (Å²) in [5.74, 6) is -0.561. The number of amides is 5. The lowest BCUT2D eigenvalue weighted by atomic mass is 9.80. The molecule has 3 fully saturated rings. The quantitative estimate of drug-likeness (QED) is 0.652. The highest BCUT2D eigenvalue weighted by molar-refractivity contribution is 6.04. The molecule has 3 saturated heterocycles. The maximum Gasteiger partial charge on any atom is 0.325 e. The molecule has 5 amide bonds. The van der Waals surface area contributed by atoms with Crippen molar-refractivity contribution < 1.29 is 23.6 Å². The van der Waals surface area contributed by atoms with E-state index in [9.17, 15) is 19.2 Å². The van der Waals surface area contributed by atoms with Gasteiger partial charge in [-0.25, -0.2) is 4.79 Å². The normalized spacial score (nSPS) is 26.4. The van der Waals surface area contributed by atoms with Crippen LogP contribution < -0.4 is 5.32 Å². The summed E-state index contributed by atoms with van der Waals surface area (Å²) in [6.07, 6.45) is 2.93. The number of carbonyl (C=O) groups excluding carboxylic acids is 4. The van der Waals surface area contributed by atoms with E-state index >= 15 is 0 Å². The second-order valence-corrected chi connectivity index (χ2v) is 8.41. The lowest BCUT2D eigenvalue weighted by molar-refractivity contribution is -0.136. The summed E-state index contributed by atoms with van der Waals surface area (Å²) in [5.41, 5.74) is 0.284. The maximum absolute atomic E-state index is 12.8. The third-order valence-corrected chi connectivity index (χ3v) is 6.03. The van der Waals surface area contributed by atoms with E-state index in [2.05, 4.69) is 10.2 Å². The van der Waals surface area contributed by atoms with E-state index in [-0.39, 0.29) is 42.1 Å².